The number of aryl methyl sites for hydroxylation is 1. The van der Waals surface area contributed by atoms with E-state index < -0.39 is 5.97 Å². The number of aromatic nitrogens is 1. The van der Waals surface area contributed by atoms with Crippen molar-refractivity contribution in [3.63, 3.8) is 0 Å². The summed E-state index contributed by atoms with van der Waals surface area (Å²) in [4.78, 5) is 32.1. The van der Waals surface area contributed by atoms with Crippen LogP contribution in [0, 0.1) is 13.8 Å². The zero-order valence-corrected chi connectivity index (χ0v) is 14.0. The van der Waals surface area contributed by atoms with Gasteiger partial charge in [0.1, 0.15) is 5.69 Å². The van der Waals surface area contributed by atoms with E-state index in [2.05, 4.69) is 21.8 Å². The molecule has 0 aromatic carbocycles. The maximum absolute atomic E-state index is 12.9. The molecule has 0 radical (unpaired) electrons. The van der Waals surface area contributed by atoms with Gasteiger partial charge in [0.15, 0.2) is 5.78 Å². The van der Waals surface area contributed by atoms with E-state index in [1.807, 2.05) is 13.8 Å². The Morgan fingerprint density at radius 1 is 1.18 bits per heavy atom. The Kier molecular flexibility index (Phi) is 5.03. The van der Waals surface area contributed by atoms with E-state index in [0.29, 0.717) is 16.8 Å². The molecule has 1 fully saturated rings. The first-order valence-corrected chi connectivity index (χ1v) is 7.61. The van der Waals surface area contributed by atoms with Crippen LogP contribution in [0.5, 0.6) is 0 Å². The lowest BCUT2D eigenvalue weighted by Crippen LogP contribution is -2.50. The van der Waals surface area contributed by atoms with Crippen LogP contribution in [-0.2, 0) is 4.74 Å². The number of likely N-dealkylation sites (N-methyl/N-ethyl adjacent to an activating group) is 1. The number of carbonyl (C=O) groups is 2. The van der Waals surface area contributed by atoms with Gasteiger partial charge in [0.2, 0.25) is 0 Å². The average Bonchev–Trinajstić information content (AvgIpc) is 2.80. The molecular formula is C16H25N3O3. The summed E-state index contributed by atoms with van der Waals surface area (Å²) < 4.78 is 4.76. The lowest BCUT2D eigenvalue weighted by molar-refractivity contribution is 0.0594. The standard InChI is InChI=1S/C16H25N3O3/c1-10-13(11(2)17-14(10)16(21)22-5)15(20)12(3)19-8-6-18(4)7-9-19/h12,17H,6-9H2,1-5H3. The molecule has 1 unspecified atom stereocenters. The van der Waals surface area contributed by atoms with Gasteiger partial charge in [-0.2, -0.15) is 0 Å². The van der Waals surface area contributed by atoms with E-state index in [9.17, 15) is 9.59 Å². The minimum Gasteiger partial charge on any atom is -0.464 e. The van der Waals surface area contributed by atoms with Crippen molar-refractivity contribution in [3.05, 3.63) is 22.5 Å². The minimum atomic E-state index is -0.438. The van der Waals surface area contributed by atoms with Crippen molar-refractivity contribution >= 4 is 11.8 Å². The first-order chi connectivity index (χ1) is 10.4. The maximum atomic E-state index is 12.9. The van der Waals surface area contributed by atoms with E-state index in [1.54, 1.807) is 6.92 Å². The number of nitrogens with one attached hydrogen (secondary N) is 1. The Balaban J connectivity index is 2.22. The molecule has 0 saturated carbocycles. The van der Waals surface area contributed by atoms with Crippen LogP contribution in [0.4, 0.5) is 0 Å². The van der Waals surface area contributed by atoms with Crippen molar-refractivity contribution in [2.75, 3.05) is 40.3 Å². The van der Waals surface area contributed by atoms with E-state index in [1.165, 1.54) is 7.11 Å². The number of esters is 1. The number of nitrogens with zero attached hydrogens (tertiary/aromatic N) is 2. The Hall–Kier alpha value is -1.66. The summed E-state index contributed by atoms with van der Waals surface area (Å²) in [5.41, 5.74) is 2.39. The van der Waals surface area contributed by atoms with E-state index in [4.69, 9.17) is 4.74 Å². The van der Waals surface area contributed by atoms with Gasteiger partial charge in [-0.3, -0.25) is 9.69 Å². The molecule has 1 atom stereocenters. The molecule has 1 N–H and O–H groups in total. The molecule has 122 valence electrons. The molecule has 0 aliphatic carbocycles. The van der Waals surface area contributed by atoms with Gasteiger partial charge >= 0.3 is 5.97 Å². The third-order valence-electron chi connectivity index (χ3n) is 4.54. The Morgan fingerprint density at radius 2 is 1.77 bits per heavy atom. The van der Waals surface area contributed by atoms with Gasteiger partial charge in [0.05, 0.1) is 13.2 Å². The second-order valence-electron chi connectivity index (χ2n) is 6.00. The van der Waals surface area contributed by atoms with Crippen molar-refractivity contribution in [1.29, 1.82) is 0 Å². The van der Waals surface area contributed by atoms with Gasteiger partial charge < -0.3 is 14.6 Å². The normalized spacial score (nSPS) is 18.2. The van der Waals surface area contributed by atoms with Crippen molar-refractivity contribution in [1.82, 2.24) is 14.8 Å². The van der Waals surface area contributed by atoms with Gasteiger partial charge in [-0.25, -0.2) is 4.79 Å². The fourth-order valence-electron chi connectivity index (χ4n) is 3.01. The molecule has 6 heteroatoms. The largest absolute Gasteiger partial charge is 0.464 e. The summed E-state index contributed by atoms with van der Waals surface area (Å²) in [6.07, 6.45) is 0. The van der Waals surface area contributed by atoms with Gasteiger partial charge in [-0.15, -0.1) is 0 Å². The third kappa shape index (κ3) is 3.08. The Labute approximate surface area is 131 Å². The maximum Gasteiger partial charge on any atom is 0.354 e. The first kappa shape index (κ1) is 16.7. The SMILES string of the molecule is COC(=O)c1[nH]c(C)c(C(=O)C(C)N2CCN(C)CC2)c1C. The number of Topliss-reactive ketones (excluding diaryl/α,β-unsaturated/α-hetero) is 1. The number of ketones is 1. The summed E-state index contributed by atoms with van der Waals surface area (Å²) >= 11 is 0. The number of ether oxygens (including phenoxy) is 1. The number of piperazine rings is 1. The van der Waals surface area contributed by atoms with Crippen molar-refractivity contribution in [2.24, 2.45) is 0 Å². The number of carbonyl (C=O) groups excluding carboxylic acids is 2. The first-order valence-electron chi connectivity index (χ1n) is 7.61. The van der Waals surface area contributed by atoms with Crippen molar-refractivity contribution in [3.8, 4) is 0 Å². The molecule has 1 aliphatic rings. The van der Waals surface area contributed by atoms with E-state index >= 15 is 0 Å². The highest BCUT2D eigenvalue weighted by atomic mass is 16.5. The second-order valence-corrected chi connectivity index (χ2v) is 6.00. The van der Waals surface area contributed by atoms with Gasteiger partial charge in [-0.05, 0) is 33.4 Å². The summed E-state index contributed by atoms with van der Waals surface area (Å²) in [7, 11) is 3.43. The number of aromatic amines is 1. The van der Waals surface area contributed by atoms with Crippen molar-refractivity contribution < 1.29 is 14.3 Å². The predicted molar refractivity (Wildman–Crippen MR) is 84.5 cm³/mol. The minimum absolute atomic E-state index is 0.0611. The zero-order chi connectivity index (χ0) is 16.4. The molecule has 0 bridgehead atoms. The van der Waals surface area contributed by atoms with Crippen LogP contribution in [0.15, 0.2) is 0 Å². The lowest BCUT2D eigenvalue weighted by atomic mass is 9.99. The molecule has 0 amide bonds. The molecular weight excluding hydrogens is 282 g/mol. The topological polar surface area (TPSA) is 65.6 Å². The highest BCUT2D eigenvalue weighted by molar-refractivity contribution is 6.05. The van der Waals surface area contributed by atoms with Crippen LogP contribution in [0.2, 0.25) is 0 Å². The highest BCUT2D eigenvalue weighted by Gasteiger charge is 2.29. The highest BCUT2D eigenvalue weighted by Crippen LogP contribution is 2.22. The van der Waals surface area contributed by atoms with Gasteiger partial charge in [0.25, 0.3) is 0 Å². The molecule has 1 saturated heterocycles. The summed E-state index contributed by atoms with van der Waals surface area (Å²) in [6.45, 7) is 9.26. The smallest absolute Gasteiger partial charge is 0.354 e. The molecule has 2 heterocycles. The number of hydrogen-bond donors (Lipinski definition) is 1. The fraction of sp³-hybridized carbons (Fsp3) is 0.625. The van der Waals surface area contributed by atoms with E-state index in [0.717, 1.165) is 31.9 Å². The number of methoxy groups -OCH3 is 1. The van der Waals surface area contributed by atoms with Crippen molar-refractivity contribution in [2.45, 2.75) is 26.8 Å². The van der Waals surface area contributed by atoms with Crippen LogP contribution in [0.25, 0.3) is 0 Å². The molecule has 1 aromatic heterocycles. The predicted octanol–water partition coefficient (Wildman–Crippen LogP) is 1.24. The van der Waals surface area contributed by atoms with Crippen LogP contribution in [0.1, 0.15) is 39.0 Å². The molecule has 6 nitrogen and oxygen atoms in total. The summed E-state index contributed by atoms with van der Waals surface area (Å²) in [5, 5.41) is 0. The van der Waals surface area contributed by atoms with Gasteiger partial charge in [-0.1, -0.05) is 0 Å². The van der Waals surface area contributed by atoms with E-state index in [-0.39, 0.29) is 11.8 Å². The van der Waals surface area contributed by atoms with Crippen LogP contribution >= 0.6 is 0 Å². The average molecular weight is 307 g/mol. The van der Waals surface area contributed by atoms with Gasteiger partial charge in [0, 0.05) is 37.4 Å². The van der Waals surface area contributed by atoms with Crippen LogP contribution in [0.3, 0.4) is 0 Å². The number of hydrogen-bond acceptors (Lipinski definition) is 5. The van der Waals surface area contributed by atoms with Crippen LogP contribution in [-0.4, -0.2) is 72.9 Å². The Bertz CT molecular complexity index is 571. The molecule has 1 aliphatic heterocycles. The third-order valence-corrected chi connectivity index (χ3v) is 4.54. The lowest BCUT2D eigenvalue weighted by Gasteiger charge is -2.35. The number of H-pyrrole nitrogens is 1. The molecule has 2 rings (SSSR count). The zero-order valence-electron chi connectivity index (χ0n) is 14.0. The monoisotopic (exact) mass is 307 g/mol. The molecule has 22 heavy (non-hydrogen) atoms. The fourth-order valence-corrected chi connectivity index (χ4v) is 3.01. The molecule has 1 aromatic rings. The quantitative estimate of drug-likeness (QED) is 0.669. The summed E-state index contributed by atoms with van der Waals surface area (Å²) in [6, 6.07) is -0.188. The second kappa shape index (κ2) is 6.62. The van der Waals surface area contributed by atoms with Crippen LogP contribution < -0.4 is 0 Å². The number of rotatable bonds is 4. The molecule has 0 spiro atoms. The Morgan fingerprint density at radius 3 is 2.32 bits per heavy atom. The summed E-state index contributed by atoms with van der Waals surface area (Å²) in [5.74, 6) is -0.377.